The molecule has 2 rings (SSSR count). The summed E-state index contributed by atoms with van der Waals surface area (Å²) in [6.45, 7) is 6.09. The van der Waals surface area contributed by atoms with Gasteiger partial charge in [0.05, 0.1) is 11.9 Å². The van der Waals surface area contributed by atoms with Crippen molar-refractivity contribution in [3.05, 3.63) is 53.3 Å². The first-order valence-electron chi connectivity index (χ1n) is 6.16. The summed E-state index contributed by atoms with van der Waals surface area (Å²) in [4.78, 5) is 0. The fourth-order valence-electron chi connectivity index (χ4n) is 2.32. The molecule has 0 aliphatic carbocycles. The van der Waals surface area contributed by atoms with Crippen molar-refractivity contribution in [1.82, 2.24) is 9.78 Å². The van der Waals surface area contributed by atoms with E-state index >= 15 is 0 Å². The summed E-state index contributed by atoms with van der Waals surface area (Å²) in [5.41, 5.74) is 2.68. The van der Waals surface area contributed by atoms with Gasteiger partial charge in [-0.05, 0) is 18.1 Å². The first-order chi connectivity index (χ1) is 8.44. The fourth-order valence-corrected chi connectivity index (χ4v) is 2.32. The Morgan fingerprint density at radius 1 is 1.22 bits per heavy atom. The van der Waals surface area contributed by atoms with E-state index < -0.39 is 6.10 Å². The van der Waals surface area contributed by atoms with Gasteiger partial charge in [-0.15, -0.1) is 0 Å². The zero-order valence-corrected chi connectivity index (χ0v) is 11.4. The van der Waals surface area contributed by atoms with Crippen LogP contribution in [-0.4, -0.2) is 14.9 Å². The van der Waals surface area contributed by atoms with Crippen LogP contribution >= 0.6 is 0 Å². The lowest BCUT2D eigenvalue weighted by Crippen LogP contribution is -2.28. The third-order valence-electron chi connectivity index (χ3n) is 3.64. The average molecular weight is 244 g/mol. The Balaban J connectivity index is 2.42. The SMILES string of the molecule is Cc1cnn(C)c1C(O)C(C)(C)c1ccccc1. The van der Waals surface area contributed by atoms with E-state index in [1.54, 1.807) is 10.9 Å². The van der Waals surface area contributed by atoms with Crippen molar-refractivity contribution in [2.24, 2.45) is 7.05 Å². The standard InChI is InChI=1S/C15H20N2O/c1-11-10-16-17(4)13(11)14(18)15(2,3)12-8-6-5-7-9-12/h5-10,14,18H,1-4H3. The molecular weight excluding hydrogens is 224 g/mol. The van der Waals surface area contributed by atoms with Crippen LogP contribution in [-0.2, 0) is 12.5 Å². The minimum atomic E-state index is -0.576. The van der Waals surface area contributed by atoms with Gasteiger partial charge in [0.2, 0.25) is 0 Å². The van der Waals surface area contributed by atoms with Crippen molar-refractivity contribution < 1.29 is 5.11 Å². The Labute approximate surface area is 108 Å². The number of rotatable bonds is 3. The number of aromatic nitrogens is 2. The van der Waals surface area contributed by atoms with Gasteiger partial charge in [0.15, 0.2) is 0 Å². The average Bonchev–Trinajstić information content (AvgIpc) is 2.69. The molecule has 0 fully saturated rings. The largest absolute Gasteiger partial charge is 0.386 e. The van der Waals surface area contributed by atoms with Crippen LogP contribution in [0.2, 0.25) is 0 Å². The third-order valence-corrected chi connectivity index (χ3v) is 3.64. The number of hydrogen-bond donors (Lipinski definition) is 1. The number of aliphatic hydroxyl groups is 1. The van der Waals surface area contributed by atoms with E-state index in [1.807, 2.05) is 32.2 Å². The summed E-state index contributed by atoms with van der Waals surface area (Å²) in [6, 6.07) is 10.1. The molecular formula is C15H20N2O. The molecule has 0 aliphatic rings. The van der Waals surface area contributed by atoms with E-state index in [-0.39, 0.29) is 5.41 Å². The molecule has 0 saturated heterocycles. The maximum Gasteiger partial charge on any atom is 0.105 e. The van der Waals surface area contributed by atoms with Crippen LogP contribution in [0.3, 0.4) is 0 Å². The normalized spacial score (nSPS) is 13.6. The van der Waals surface area contributed by atoms with Crippen LogP contribution in [0.15, 0.2) is 36.5 Å². The molecule has 18 heavy (non-hydrogen) atoms. The van der Waals surface area contributed by atoms with Gasteiger partial charge in [-0.1, -0.05) is 44.2 Å². The van der Waals surface area contributed by atoms with Crippen LogP contribution in [0.1, 0.15) is 36.8 Å². The zero-order valence-electron chi connectivity index (χ0n) is 11.4. The molecule has 1 atom stereocenters. The smallest absolute Gasteiger partial charge is 0.105 e. The van der Waals surface area contributed by atoms with Crippen LogP contribution < -0.4 is 0 Å². The Bertz CT molecular complexity index is 509. The van der Waals surface area contributed by atoms with Gasteiger partial charge in [0, 0.05) is 12.5 Å². The van der Waals surface area contributed by atoms with Gasteiger partial charge in [0.1, 0.15) is 6.10 Å². The maximum absolute atomic E-state index is 10.7. The van der Waals surface area contributed by atoms with Crippen LogP contribution in [0, 0.1) is 6.92 Å². The molecule has 3 nitrogen and oxygen atoms in total. The van der Waals surface area contributed by atoms with Crippen molar-refractivity contribution in [1.29, 1.82) is 0 Å². The highest BCUT2D eigenvalue weighted by molar-refractivity contribution is 5.30. The second-order valence-corrected chi connectivity index (χ2v) is 5.33. The summed E-state index contributed by atoms with van der Waals surface area (Å²) in [5.74, 6) is 0. The molecule has 0 bridgehead atoms. The molecule has 96 valence electrons. The number of hydrogen-bond acceptors (Lipinski definition) is 2. The Kier molecular flexibility index (Phi) is 3.26. The van der Waals surface area contributed by atoms with Crippen LogP contribution in [0.5, 0.6) is 0 Å². The first-order valence-corrected chi connectivity index (χ1v) is 6.16. The van der Waals surface area contributed by atoms with E-state index in [0.717, 1.165) is 16.8 Å². The van der Waals surface area contributed by atoms with Gasteiger partial charge >= 0.3 is 0 Å². The van der Waals surface area contributed by atoms with E-state index in [4.69, 9.17) is 0 Å². The molecule has 0 aliphatic heterocycles. The van der Waals surface area contributed by atoms with Gasteiger partial charge in [-0.25, -0.2) is 0 Å². The Morgan fingerprint density at radius 3 is 2.33 bits per heavy atom. The lowest BCUT2D eigenvalue weighted by atomic mass is 9.77. The minimum absolute atomic E-state index is 0.347. The molecule has 3 heteroatoms. The van der Waals surface area contributed by atoms with Crippen molar-refractivity contribution in [2.45, 2.75) is 32.3 Å². The predicted molar refractivity (Wildman–Crippen MR) is 72.4 cm³/mol. The van der Waals surface area contributed by atoms with E-state index in [2.05, 4.69) is 31.1 Å². The molecule has 2 aromatic rings. The highest BCUT2D eigenvalue weighted by Gasteiger charge is 2.33. The molecule has 1 aromatic carbocycles. The molecule has 1 unspecified atom stereocenters. The predicted octanol–water partition coefficient (Wildman–Crippen LogP) is 2.74. The highest BCUT2D eigenvalue weighted by atomic mass is 16.3. The van der Waals surface area contributed by atoms with Crippen molar-refractivity contribution in [3.63, 3.8) is 0 Å². The monoisotopic (exact) mass is 244 g/mol. The second kappa shape index (κ2) is 4.58. The summed E-state index contributed by atoms with van der Waals surface area (Å²) in [6.07, 6.45) is 1.21. The van der Waals surface area contributed by atoms with Crippen molar-refractivity contribution in [3.8, 4) is 0 Å². The first kappa shape index (κ1) is 12.8. The molecule has 0 radical (unpaired) electrons. The second-order valence-electron chi connectivity index (χ2n) is 5.33. The van der Waals surface area contributed by atoms with Crippen molar-refractivity contribution in [2.75, 3.05) is 0 Å². The fraction of sp³-hybridized carbons (Fsp3) is 0.400. The zero-order chi connectivity index (χ0) is 13.3. The van der Waals surface area contributed by atoms with Gasteiger partial charge in [-0.2, -0.15) is 5.10 Å². The molecule has 1 heterocycles. The van der Waals surface area contributed by atoms with Gasteiger partial charge in [0.25, 0.3) is 0 Å². The maximum atomic E-state index is 10.7. The molecule has 1 aromatic heterocycles. The van der Waals surface area contributed by atoms with Crippen LogP contribution in [0.4, 0.5) is 0 Å². The molecule has 0 saturated carbocycles. The van der Waals surface area contributed by atoms with E-state index in [0.29, 0.717) is 0 Å². The van der Waals surface area contributed by atoms with E-state index in [9.17, 15) is 5.11 Å². The minimum Gasteiger partial charge on any atom is -0.386 e. The summed E-state index contributed by atoms with van der Waals surface area (Å²) < 4.78 is 1.75. The van der Waals surface area contributed by atoms with Gasteiger partial charge < -0.3 is 5.11 Å². The van der Waals surface area contributed by atoms with E-state index in [1.165, 1.54) is 0 Å². The Hall–Kier alpha value is -1.61. The lowest BCUT2D eigenvalue weighted by Gasteiger charge is -2.31. The number of aryl methyl sites for hydroxylation is 2. The lowest BCUT2D eigenvalue weighted by molar-refractivity contribution is 0.0916. The van der Waals surface area contributed by atoms with Gasteiger partial charge in [-0.3, -0.25) is 4.68 Å². The number of benzene rings is 1. The topological polar surface area (TPSA) is 38.0 Å². The van der Waals surface area contributed by atoms with Crippen molar-refractivity contribution >= 4 is 0 Å². The molecule has 0 spiro atoms. The third kappa shape index (κ3) is 2.06. The number of aliphatic hydroxyl groups excluding tert-OH is 1. The quantitative estimate of drug-likeness (QED) is 0.901. The Morgan fingerprint density at radius 2 is 1.83 bits per heavy atom. The molecule has 1 N–H and O–H groups in total. The summed E-state index contributed by atoms with van der Waals surface area (Å²) in [7, 11) is 1.87. The number of nitrogens with zero attached hydrogens (tertiary/aromatic N) is 2. The summed E-state index contributed by atoms with van der Waals surface area (Å²) >= 11 is 0. The highest BCUT2D eigenvalue weighted by Crippen LogP contribution is 2.37. The molecule has 0 amide bonds. The van der Waals surface area contributed by atoms with Crippen LogP contribution in [0.25, 0.3) is 0 Å². The summed E-state index contributed by atoms with van der Waals surface area (Å²) in [5, 5.41) is 14.9.